The Morgan fingerprint density at radius 2 is 1.95 bits per heavy atom. The predicted molar refractivity (Wildman–Crippen MR) is 87.5 cm³/mol. The molecule has 0 spiro atoms. The van der Waals surface area contributed by atoms with Gasteiger partial charge in [-0.1, -0.05) is 40.2 Å². The molecule has 0 aliphatic rings. The van der Waals surface area contributed by atoms with Crippen molar-refractivity contribution in [2.75, 3.05) is 0 Å². The maximum atomic E-state index is 6.05. The zero-order chi connectivity index (χ0) is 13.8. The molecule has 2 rings (SSSR count). The summed E-state index contributed by atoms with van der Waals surface area (Å²) in [5.74, 6) is 0.980. The van der Waals surface area contributed by atoms with Gasteiger partial charge in [-0.25, -0.2) is 0 Å². The van der Waals surface area contributed by atoms with Gasteiger partial charge in [-0.2, -0.15) is 0 Å². The van der Waals surface area contributed by atoms with E-state index < -0.39 is 0 Å². The van der Waals surface area contributed by atoms with Crippen molar-refractivity contribution in [3.8, 4) is 0 Å². The summed E-state index contributed by atoms with van der Waals surface area (Å²) < 4.78 is 1.08. The molecule has 0 saturated heterocycles. The topological polar surface area (TPSA) is 26.0 Å². The van der Waals surface area contributed by atoms with E-state index in [-0.39, 0.29) is 6.04 Å². The van der Waals surface area contributed by atoms with Crippen LogP contribution >= 0.6 is 27.7 Å². The second-order valence-corrected chi connectivity index (χ2v) is 6.62. The molecule has 0 bridgehead atoms. The lowest BCUT2D eigenvalue weighted by Gasteiger charge is -2.13. The molecule has 100 valence electrons. The van der Waals surface area contributed by atoms with E-state index in [2.05, 4.69) is 65.3 Å². The average molecular weight is 336 g/mol. The zero-order valence-corrected chi connectivity index (χ0v) is 13.6. The summed E-state index contributed by atoms with van der Waals surface area (Å²) in [4.78, 5) is 1.27. The van der Waals surface area contributed by atoms with Gasteiger partial charge in [0.25, 0.3) is 0 Å². The number of hydrogen-bond acceptors (Lipinski definition) is 2. The summed E-state index contributed by atoms with van der Waals surface area (Å²) in [6, 6.07) is 14.9. The fraction of sp³-hybridized carbons (Fsp3) is 0.250. The third kappa shape index (κ3) is 3.85. The highest BCUT2D eigenvalue weighted by atomic mass is 79.9. The van der Waals surface area contributed by atoms with Crippen molar-refractivity contribution in [1.82, 2.24) is 0 Å². The summed E-state index contributed by atoms with van der Waals surface area (Å²) >= 11 is 5.36. The fourth-order valence-electron chi connectivity index (χ4n) is 1.93. The first-order valence-corrected chi connectivity index (χ1v) is 8.08. The third-order valence-corrected chi connectivity index (χ3v) is 4.74. The summed E-state index contributed by atoms with van der Waals surface area (Å²) in [7, 11) is 0. The van der Waals surface area contributed by atoms with E-state index in [9.17, 15) is 0 Å². The fourth-order valence-corrected chi connectivity index (χ4v) is 3.52. The van der Waals surface area contributed by atoms with Crippen LogP contribution in [0.3, 0.4) is 0 Å². The Morgan fingerprint density at radius 3 is 2.63 bits per heavy atom. The first-order valence-electron chi connectivity index (χ1n) is 6.30. The van der Waals surface area contributed by atoms with Crippen molar-refractivity contribution in [1.29, 1.82) is 0 Å². The summed E-state index contributed by atoms with van der Waals surface area (Å²) in [6.07, 6.45) is 0. The van der Waals surface area contributed by atoms with Crippen LogP contribution in [-0.2, 0) is 5.75 Å². The molecular weight excluding hydrogens is 318 g/mol. The molecule has 0 aliphatic heterocycles. The monoisotopic (exact) mass is 335 g/mol. The average Bonchev–Trinajstić information content (AvgIpc) is 2.38. The highest BCUT2D eigenvalue weighted by Gasteiger charge is 2.09. The van der Waals surface area contributed by atoms with Crippen LogP contribution in [0.15, 0.2) is 51.8 Å². The van der Waals surface area contributed by atoms with E-state index in [0.717, 1.165) is 10.2 Å². The minimum Gasteiger partial charge on any atom is -0.324 e. The van der Waals surface area contributed by atoms with Crippen LogP contribution in [0.4, 0.5) is 0 Å². The van der Waals surface area contributed by atoms with Crippen molar-refractivity contribution in [2.45, 2.75) is 30.5 Å². The SMILES string of the molecule is Cc1ccccc1CSc1ccc(Br)cc1C(C)N. The molecule has 0 radical (unpaired) electrons. The lowest BCUT2D eigenvalue weighted by atomic mass is 10.1. The van der Waals surface area contributed by atoms with Gasteiger partial charge < -0.3 is 5.73 Å². The van der Waals surface area contributed by atoms with E-state index >= 15 is 0 Å². The highest BCUT2D eigenvalue weighted by molar-refractivity contribution is 9.10. The van der Waals surface area contributed by atoms with Gasteiger partial charge in [-0.15, -0.1) is 11.8 Å². The molecule has 1 unspecified atom stereocenters. The molecule has 2 aromatic carbocycles. The minimum absolute atomic E-state index is 0.0527. The van der Waals surface area contributed by atoms with Gasteiger partial charge in [0.05, 0.1) is 0 Å². The molecule has 19 heavy (non-hydrogen) atoms. The van der Waals surface area contributed by atoms with Crippen LogP contribution in [0, 0.1) is 6.92 Å². The van der Waals surface area contributed by atoms with Crippen molar-refractivity contribution in [3.63, 3.8) is 0 Å². The van der Waals surface area contributed by atoms with Gasteiger partial charge in [0.1, 0.15) is 0 Å². The van der Waals surface area contributed by atoms with Crippen LogP contribution in [0.1, 0.15) is 29.7 Å². The minimum atomic E-state index is 0.0527. The second-order valence-electron chi connectivity index (χ2n) is 4.69. The molecule has 2 aromatic rings. The molecule has 0 aliphatic carbocycles. The molecule has 2 N–H and O–H groups in total. The van der Waals surface area contributed by atoms with E-state index in [0.29, 0.717) is 0 Å². The number of nitrogens with two attached hydrogens (primary N) is 1. The lowest BCUT2D eigenvalue weighted by Crippen LogP contribution is -2.06. The van der Waals surface area contributed by atoms with Crippen molar-refractivity contribution in [2.24, 2.45) is 5.73 Å². The van der Waals surface area contributed by atoms with Crippen LogP contribution < -0.4 is 5.73 Å². The number of halogens is 1. The Bertz CT molecular complexity index is 566. The zero-order valence-electron chi connectivity index (χ0n) is 11.2. The summed E-state index contributed by atoms with van der Waals surface area (Å²) in [5.41, 5.74) is 9.97. The summed E-state index contributed by atoms with van der Waals surface area (Å²) in [6.45, 7) is 4.18. The molecule has 0 aromatic heterocycles. The quantitative estimate of drug-likeness (QED) is 0.789. The van der Waals surface area contributed by atoms with Gasteiger partial charge >= 0.3 is 0 Å². The lowest BCUT2D eigenvalue weighted by molar-refractivity contribution is 0.796. The molecule has 0 heterocycles. The number of thioether (sulfide) groups is 1. The number of rotatable bonds is 4. The van der Waals surface area contributed by atoms with Gasteiger partial charge in [0.2, 0.25) is 0 Å². The maximum absolute atomic E-state index is 6.05. The van der Waals surface area contributed by atoms with E-state index in [1.165, 1.54) is 21.6 Å². The van der Waals surface area contributed by atoms with Crippen molar-refractivity contribution < 1.29 is 0 Å². The smallest absolute Gasteiger partial charge is 0.0277 e. The van der Waals surface area contributed by atoms with Gasteiger partial charge in [-0.3, -0.25) is 0 Å². The number of hydrogen-bond donors (Lipinski definition) is 1. The second kappa shape index (κ2) is 6.60. The van der Waals surface area contributed by atoms with Crippen LogP contribution in [0.2, 0.25) is 0 Å². The first kappa shape index (κ1) is 14.6. The van der Waals surface area contributed by atoms with E-state index in [4.69, 9.17) is 5.73 Å². The van der Waals surface area contributed by atoms with Crippen LogP contribution in [-0.4, -0.2) is 0 Å². The van der Waals surface area contributed by atoms with Gasteiger partial charge in [0, 0.05) is 21.2 Å². The Kier molecular flexibility index (Phi) is 5.08. The van der Waals surface area contributed by atoms with E-state index in [1.807, 2.05) is 18.7 Å². The highest BCUT2D eigenvalue weighted by Crippen LogP contribution is 2.32. The molecule has 1 atom stereocenters. The Morgan fingerprint density at radius 1 is 1.21 bits per heavy atom. The molecular formula is C16H18BrNS. The van der Waals surface area contributed by atoms with E-state index in [1.54, 1.807) is 0 Å². The van der Waals surface area contributed by atoms with Crippen LogP contribution in [0.5, 0.6) is 0 Å². The van der Waals surface area contributed by atoms with Gasteiger partial charge in [-0.05, 0) is 48.7 Å². The molecule has 1 nitrogen and oxygen atoms in total. The Labute approximate surface area is 127 Å². The normalized spacial score (nSPS) is 12.4. The third-order valence-electron chi connectivity index (χ3n) is 3.11. The Hall–Kier alpha value is -0.770. The number of benzene rings is 2. The summed E-state index contributed by atoms with van der Waals surface area (Å²) in [5, 5.41) is 0. The molecule has 3 heteroatoms. The largest absolute Gasteiger partial charge is 0.324 e. The maximum Gasteiger partial charge on any atom is 0.0277 e. The Balaban J connectivity index is 2.18. The standard InChI is InChI=1S/C16H18BrNS/c1-11-5-3-4-6-13(11)10-19-16-8-7-14(17)9-15(16)12(2)18/h3-9,12H,10,18H2,1-2H3. The molecule has 0 saturated carbocycles. The molecule has 0 fully saturated rings. The number of aryl methyl sites for hydroxylation is 1. The van der Waals surface area contributed by atoms with Crippen molar-refractivity contribution >= 4 is 27.7 Å². The predicted octanol–water partition coefficient (Wildman–Crippen LogP) is 5.07. The van der Waals surface area contributed by atoms with Gasteiger partial charge in [0.15, 0.2) is 0 Å². The van der Waals surface area contributed by atoms with Crippen LogP contribution in [0.25, 0.3) is 0 Å². The molecule has 0 amide bonds. The van der Waals surface area contributed by atoms with Crippen molar-refractivity contribution in [3.05, 3.63) is 63.6 Å². The first-order chi connectivity index (χ1) is 9.08.